The average molecular weight is 248 g/mol. The zero-order valence-electron chi connectivity index (χ0n) is 11.4. The first-order valence-corrected chi connectivity index (χ1v) is 7.06. The van der Waals surface area contributed by atoms with Gasteiger partial charge in [0.25, 0.3) is 0 Å². The second kappa shape index (κ2) is 7.44. The van der Waals surface area contributed by atoms with Crippen LogP contribution < -0.4 is 5.32 Å². The summed E-state index contributed by atoms with van der Waals surface area (Å²) < 4.78 is 0. The Hall–Kier alpha value is -1.00. The Bertz CT molecular complexity index is 347. The topological polar surface area (TPSA) is 41.1 Å². The number of piperidine rings is 1. The number of aryl methyl sites for hydroxylation is 1. The Labute approximate surface area is 110 Å². The summed E-state index contributed by atoms with van der Waals surface area (Å²) in [4.78, 5) is 11.1. The van der Waals surface area contributed by atoms with Crippen molar-refractivity contribution in [3.8, 4) is 0 Å². The summed E-state index contributed by atoms with van der Waals surface area (Å²) in [6, 6.07) is 1.98. The van der Waals surface area contributed by atoms with Crippen LogP contribution in [0.2, 0.25) is 0 Å². The molecule has 1 fully saturated rings. The highest BCUT2D eigenvalue weighted by atomic mass is 15.1. The van der Waals surface area contributed by atoms with E-state index in [9.17, 15) is 0 Å². The predicted molar refractivity (Wildman–Crippen MR) is 73.4 cm³/mol. The molecule has 1 aliphatic heterocycles. The number of nitrogens with zero attached hydrogens (tertiary/aromatic N) is 3. The summed E-state index contributed by atoms with van der Waals surface area (Å²) in [5, 5.41) is 3.45. The van der Waals surface area contributed by atoms with Gasteiger partial charge >= 0.3 is 0 Å². The molecule has 0 radical (unpaired) electrons. The summed E-state index contributed by atoms with van der Waals surface area (Å²) in [5.41, 5.74) is 1.08. The number of nitrogens with one attached hydrogen (secondary N) is 1. The van der Waals surface area contributed by atoms with Crippen LogP contribution in [0.4, 0.5) is 0 Å². The molecule has 0 aromatic carbocycles. The van der Waals surface area contributed by atoms with Gasteiger partial charge in [-0.25, -0.2) is 9.97 Å². The maximum absolute atomic E-state index is 4.38. The Morgan fingerprint density at radius 1 is 1.28 bits per heavy atom. The molecule has 0 spiro atoms. The van der Waals surface area contributed by atoms with E-state index < -0.39 is 0 Å². The van der Waals surface area contributed by atoms with Crippen molar-refractivity contribution in [3.05, 3.63) is 23.8 Å². The van der Waals surface area contributed by atoms with Crippen molar-refractivity contribution < 1.29 is 0 Å². The van der Waals surface area contributed by atoms with Gasteiger partial charge in [-0.05, 0) is 58.4 Å². The number of rotatable bonds is 6. The van der Waals surface area contributed by atoms with Gasteiger partial charge in [0.15, 0.2) is 0 Å². The summed E-state index contributed by atoms with van der Waals surface area (Å²) in [7, 11) is 0. The van der Waals surface area contributed by atoms with Gasteiger partial charge in [0.05, 0.1) is 5.69 Å². The maximum Gasteiger partial charge on any atom is 0.125 e. The van der Waals surface area contributed by atoms with E-state index in [4.69, 9.17) is 0 Å². The van der Waals surface area contributed by atoms with Crippen LogP contribution in [-0.2, 0) is 6.54 Å². The molecule has 4 heteroatoms. The molecule has 1 aliphatic rings. The smallest absolute Gasteiger partial charge is 0.125 e. The molecule has 0 saturated carbocycles. The van der Waals surface area contributed by atoms with Crippen LogP contribution in [0.25, 0.3) is 0 Å². The van der Waals surface area contributed by atoms with Gasteiger partial charge in [0, 0.05) is 12.7 Å². The minimum absolute atomic E-state index is 0.850. The van der Waals surface area contributed by atoms with Crippen LogP contribution in [0.1, 0.15) is 37.2 Å². The van der Waals surface area contributed by atoms with Crippen LogP contribution in [-0.4, -0.2) is 41.0 Å². The fraction of sp³-hybridized carbons (Fsp3) is 0.714. The summed E-state index contributed by atoms with van der Waals surface area (Å²) in [6.45, 7) is 7.68. The zero-order chi connectivity index (χ0) is 12.6. The third-order valence-electron chi connectivity index (χ3n) is 3.42. The third-order valence-corrected chi connectivity index (χ3v) is 3.42. The maximum atomic E-state index is 4.38. The molecule has 0 atom stereocenters. The number of hydrogen-bond donors (Lipinski definition) is 1. The SMILES string of the molecule is Cc1nccc(CNCCCN2CCCCC2)n1. The fourth-order valence-electron chi connectivity index (χ4n) is 2.43. The first-order valence-electron chi connectivity index (χ1n) is 7.06. The minimum atomic E-state index is 0.850. The van der Waals surface area contributed by atoms with Crippen molar-refractivity contribution in [1.29, 1.82) is 0 Å². The Kier molecular flexibility index (Phi) is 5.55. The molecule has 100 valence electrons. The van der Waals surface area contributed by atoms with Crippen molar-refractivity contribution in [3.63, 3.8) is 0 Å². The molecule has 0 unspecified atom stereocenters. The summed E-state index contributed by atoms with van der Waals surface area (Å²) in [5.74, 6) is 0.850. The first-order chi connectivity index (χ1) is 8.84. The van der Waals surface area contributed by atoms with Crippen LogP contribution >= 0.6 is 0 Å². The van der Waals surface area contributed by atoms with E-state index in [1.807, 2.05) is 19.2 Å². The normalized spacial score (nSPS) is 16.9. The molecule has 1 aromatic rings. The Morgan fingerprint density at radius 3 is 2.89 bits per heavy atom. The predicted octanol–water partition coefficient (Wildman–Crippen LogP) is 1.75. The molecular formula is C14H24N4. The van der Waals surface area contributed by atoms with Crippen molar-refractivity contribution in [1.82, 2.24) is 20.2 Å². The molecule has 1 N–H and O–H groups in total. The third kappa shape index (κ3) is 4.70. The molecule has 1 saturated heterocycles. The Balaban J connectivity index is 1.55. The Morgan fingerprint density at radius 2 is 2.11 bits per heavy atom. The van der Waals surface area contributed by atoms with E-state index in [-0.39, 0.29) is 0 Å². The highest BCUT2D eigenvalue weighted by molar-refractivity contribution is 5.00. The molecule has 2 heterocycles. The molecule has 2 rings (SSSR count). The van der Waals surface area contributed by atoms with Crippen LogP contribution in [0.3, 0.4) is 0 Å². The average Bonchev–Trinajstić information content (AvgIpc) is 2.40. The monoisotopic (exact) mass is 248 g/mol. The lowest BCUT2D eigenvalue weighted by Gasteiger charge is -2.26. The lowest BCUT2D eigenvalue weighted by molar-refractivity contribution is 0.225. The van der Waals surface area contributed by atoms with Gasteiger partial charge in [-0.1, -0.05) is 6.42 Å². The second-order valence-electron chi connectivity index (χ2n) is 5.03. The largest absolute Gasteiger partial charge is 0.311 e. The van der Waals surface area contributed by atoms with E-state index in [0.717, 1.165) is 24.6 Å². The molecule has 0 bridgehead atoms. The molecule has 0 amide bonds. The molecule has 0 aliphatic carbocycles. The van der Waals surface area contributed by atoms with Gasteiger partial charge in [-0.2, -0.15) is 0 Å². The zero-order valence-corrected chi connectivity index (χ0v) is 11.4. The van der Waals surface area contributed by atoms with Gasteiger partial charge < -0.3 is 10.2 Å². The second-order valence-corrected chi connectivity index (χ2v) is 5.03. The van der Waals surface area contributed by atoms with E-state index >= 15 is 0 Å². The van der Waals surface area contributed by atoms with Gasteiger partial charge in [0.2, 0.25) is 0 Å². The quantitative estimate of drug-likeness (QED) is 0.779. The van der Waals surface area contributed by atoms with Crippen LogP contribution in [0.5, 0.6) is 0 Å². The molecular weight excluding hydrogens is 224 g/mol. The molecule has 18 heavy (non-hydrogen) atoms. The van der Waals surface area contributed by atoms with Crippen LogP contribution in [0, 0.1) is 6.92 Å². The van der Waals surface area contributed by atoms with Crippen molar-refractivity contribution in [2.24, 2.45) is 0 Å². The number of hydrogen-bond acceptors (Lipinski definition) is 4. The number of aromatic nitrogens is 2. The minimum Gasteiger partial charge on any atom is -0.311 e. The number of likely N-dealkylation sites (tertiary alicyclic amines) is 1. The van der Waals surface area contributed by atoms with E-state index in [0.29, 0.717) is 0 Å². The molecule has 4 nitrogen and oxygen atoms in total. The van der Waals surface area contributed by atoms with Crippen molar-refractivity contribution in [2.75, 3.05) is 26.2 Å². The van der Waals surface area contributed by atoms with Gasteiger partial charge in [-0.15, -0.1) is 0 Å². The van der Waals surface area contributed by atoms with E-state index in [2.05, 4.69) is 20.2 Å². The lowest BCUT2D eigenvalue weighted by atomic mass is 10.1. The van der Waals surface area contributed by atoms with Crippen molar-refractivity contribution in [2.45, 2.75) is 39.2 Å². The van der Waals surface area contributed by atoms with Gasteiger partial charge in [-0.3, -0.25) is 0 Å². The summed E-state index contributed by atoms with van der Waals surface area (Å²) >= 11 is 0. The summed E-state index contributed by atoms with van der Waals surface area (Å²) in [6.07, 6.45) is 7.24. The highest BCUT2D eigenvalue weighted by Gasteiger charge is 2.08. The van der Waals surface area contributed by atoms with Crippen LogP contribution in [0.15, 0.2) is 12.3 Å². The highest BCUT2D eigenvalue weighted by Crippen LogP contribution is 2.08. The first kappa shape index (κ1) is 13.4. The fourth-order valence-corrected chi connectivity index (χ4v) is 2.43. The lowest BCUT2D eigenvalue weighted by Crippen LogP contribution is -2.32. The molecule has 1 aromatic heterocycles. The van der Waals surface area contributed by atoms with Gasteiger partial charge in [0.1, 0.15) is 5.82 Å². The standard InChI is InChI=1S/C14H24N4/c1-13-16-8-6-14(17-13)12-15-7-5-11-18-9-3-2-4-10-18/h6,8,15H,2-5,7,9-12H2,1H3. The van der Waals surface area contributed by atoms with E-state index in [1.54, 1.807) is 0 Å². The van der Waals surface area contributed by atoms with E-state index in [1.165, 1.54) is 45.3 Å². The van der Waals surface area contributed by atoms with Crippen molar-refractivity contribution >= 4 is 0 Å².